The van der Waals surface area contributed by atoms with E-state index in [4.69, 9.17) is 4.74 Å². The number of aryl methyl sites for hydroxylation is 2. The summed E-state index contributed by atoms with van der Waals surface area (Å²) in [6, 6.07) is 8.40. The second-order valence-electron chi connectivity index (χ2n) is 8.56. The molecule has 0 fully saturated rings. The lowest BCUT2D eigenvalue weighted by Gasteiger charge is -2.32. The van der Waals surface area contributed by atoms with Gasteiger partial charge in [-0.1, -0.05) is 25.1 Å². The number of non-ortho nitro benzene ring substituents is 1. The van der Waals surface area contributed by atoms with Crippen molar-refractivity contribution in [1.82, 2.24) is 5.32 Å². The average Bonchev–Trinajstić information content (AvgIpc) is 2.80. The van der Waals surface area contributed by atoms with Crippen LogP contribution in [0.5, 0.6) is 5.75 Å². The van der Waals surface area contributed by atoms with Crippen molar-refractivity contribution in [3.63, 3.8) is 0 Å². The number of nitrogens with one attached hydrogen (secondary N) is 1. The highest BCUT2D eigenvalue weighted by atomic mass is 32.2. The van der Waals surface area contributed by atoms with Gasteiger partial charge in [0.15, 0.2) is 0 Å². The third-order valence-electron chi connectivity index (χ3n) is 6.17. The van der Waals surface area contributed by atoms with Gasteiger partial charge in [0.1, 0.15) is 17.5 Å². The van der Waals surface area contributed by atoms with Gasteiger partial charge in [-0.2, -0.15) is 0 Å². The predicted octanol–water partition coefficient (Wildman–Crippen LogP) is 3.90. The zero-order chi connectivity index (χ0) is 25.0. The summed E-state index contributed by atoms with van der Waals surface area (Å²) in [5.41, 5.74) is 3.21. The fourth-order valence-corrected chi connectivity index (χ4v) is 5.62. The van der Waals surface area contributed by atoms with Gasteiger partial charge in [-0.05, 0) is 61.8 Å². The standard InChI is InChI=1S/C24H31N3O6S/c1-5-21(24(28)25-16(2)18-11-10-17-8-6-7-9-19(17)14-18)26(34(4,31)32)22-15-20(27(29)30)12-13-23(22)33-3/h10-16,21H,5-9H2,1-4H3,(H,25,28). The van der Waals surface area contributed by atoms with Crippen LogP contribution in [0.2, 0.25) is 0 Å². The maximum absolute atomic E-state index is 13.3. The molecule has 1 aliphatic carbocycles. The van der Waals surface area contributed by atoms with Crippen molar-refractivity contribution in [2.75, 3.05) is 17.7 Å². The number of nitro groups is 1. The maximum Gasteiger partial charge on any atom is 0.271 e. The average molecular weight is 490 g/mol. The highest BCUT2D eigenvalue weighted by Crippen LogP contribution is 2.36. The monoisotopic (exact) mass is 489 g/mol. The molecule has 9 nitrogen and oxygen atoms in total. The molecule has 0 spiro atoms. The number of hydrogen-bond donors (Lipinski definition) is 1. The first kappa shape index (κ1) is 25.5. The number of ether oxygens (including phenoxy) is 1. The molecule has 0 saturated carbocycles. The first-order chi connectivity index (χ1) is 16.1. The molecule has 34 heavy (non-hydrogen) atoms. The third-order valence-corrected chi connectivity index (χ3v) is 7.34. The van der Waals surface area contributed by atoms with Crippen LogP contribution in [-0.2, 0) is 27.7 Å². The Hall–Kier alpha value is -3.14. The fraction of sp³-hybridized carbons (Fsp3) is 0.458. The molecule has 1 aliphatic rings. The molecule has 0 aliphatic heterocycles. The Morgan fingerprint density at radius 1 is 1.18 bits per heavy atom. The highest BCUT2D eigenvalue weighted by molar-refractivity contribution is 7.92. The first-order valence-corrected chi connectivity index (χ1v) is 13.2. The van der Waals surface area contributed by atoms with Gasteiger partial charge in [-0.25, -0.2) is 8.42 Å². The lowest BCUT2D eigenvalue weighted by molar-refractivity contribution is -0.384. The van der Waals surface area contributed by atoms with E-state index in [1.54, 1.807) is 6.92 Å². The normalized spacial score (nSPS) is 15.1. The predicted molar refractivity (Wildman–Crippen MR) is 131 cm³/mol. The minimum absolute atomic E-state index is 0.0531. The van der Waals surface area contributed by atoms with Crippen LogP contribution in [-0.4, -0.2) is 38.7 Å². The highest BCUT2D eigenvalue weighted by Gasteiger charge is 2.35. The van der Waals surface area contributed by atoms with Crippen LogP contribution < -0.4 is 14.4 Å². The van der Waals surface area contributed by atoms with Crippen LogP contribution in [0.15, 0.2) is 36.4 Å². The van der Waals surface area contributed by atoms with E-state index in [0.717, 1.165) is 41.5 Å². The van der Waals surface area contributed by atoms with E-state index in [9.17, 15) is 23.3 Å². The molecule has 3 rings (SSSR count). The Labute approximate surface area is 200 Å². The molecule has 0 bridgehead atoms. The van der Waals surface area contributed by atoms with E-state index in [-0.39, 0.29) is 29.6 Å². The fourth-order valence-electron chi connectivity index (χ4n) is 4.42. The summed E-state index contributed by atoms with van der Waals surface area (Å²) in [5, 5.41) is 14.3. The number of nitro benzene ring substituents is 1. The van der Waals surface area contributed by atoms with Gasteiger partial charge >= 0.3 is 0 Å². The molecule has 1 N–H and O–H groups in total. The number of fused-ring (bicyclic) bond motifs is 1. The second-order valence-corrected chi connectivity index (χ2v) is 10.4. The van der Waals surface area contributed by atoms with Crippen molar-refractivity contribution < 1.29 is 22.9 Å². The molecule has 184 valence electrons. The van der Waals surface area contributed by atoms with Crippen molar-refractivity contribution in [3.05, 3.63) is 63.2 Å². The van der Waals surface area contributed by atoms with Crippen molar-refractivity contribution in [1.29, 1.82) is 0 Å². The summed E-state index contributed by atoms with van der Waals surface area (Å²) < 4.78 is 31.8. The van der Waals surface area contributed by atoms with Crippen LogP contribution in [0.25, 0.3) is 0 Å². The molecule has 2 aromatic carbocycles. The van der Waals surface area contributed by atoms with Gasteiger partial charge in [0.05, 0.1) is 24.3 Å². The van der Waals surface area contributed by atoms with Crippen molar-refractivity contribution in [2.45, 2.75) is 58.0 Å². The Morgan fingerprint density at radius 2 is 1.85 bits per heavy atom. The lowest BCUT2D eigenvalue weighted by Crippen LogP contribution is -2.49. The molecule has 0 heterocycles. The summed E-state index contributed by atoms with van der Waals surface area (Å²) in [5.74, 6) is -0.378. The molecule has 2 unspecified atom stereocenters. The molecule has 0 radical (unpaired) electrons. The Bertz CT molecular complexity index is 1180. The molecule has 0 aromatic heterocycles. The van der Waals surface area contributed by atoms with Crippen LogP contribution in [0, 0.1) is 10.1 Å². The van der Waals surface area contributed by atoms with Crippen LogP contribution in [0.3, 0.4) is 0 Å². The summed E-state index contributed by atoms with van der Waals surface area (Å²) in [7, 11) is -2.65. The Balaban J connectivity index is 1.93. The molecule has 1 amide bonds. The number of sulfonamides is 1. The molecular weight excluding hydrogens is 458 g/mol. The van der Waals surface area contributed by atoms with Gasteiger partial charge in [0.2, 0.25) is 15.9 Å². The van der Waals surface area contributed by atoms with Gasteiger partial charge in [-0.3, -0.25) is 19.2 Å². The SMILES string of the molecule is CCC(C(=O)NC(C)c1ccc2c(c1)CCCC2)N(c1cc([N+](=O)[O-])ccc1OC)S(C)(=O)=O. The summed E-state index contributed by atoms with van der Waals surface area (Å²) >= 11 is 0. The number of benzene rings is 2. The van der Waals surface area contributed by atoms with E-state index in [2.05, 4.69) is 17.4 Å². The maximum atomic E-state index is 13.3. The number of carbonyl (C=O) groups is 1. The van der Waals surface area contributed by atoms with Crippen LogP contribution >= 0.6 is 0 Å². The summed E-state index contributed by atoms with van der Waals surface area (Å²) in [4.78, 5) is 24.0. The van der Waals surface area contributed by atoms with E-state index in [1.165, 1.54) is 36.8 Å². The zero-order valence-electron chi connectivity index (χ0n) is 19.9. The lowest BCUT2D eigenvalue weighted by atomic mass is 9.89. The van der Waals surface area contributed by atoms with Crippen molar-refractivity contribution in [2.24, 2.45) is 0 Å². The number of rotatable bonds is 9. The molecular formula is C24H31N3O6S. The van der Waals surface area contributed by atoms with Gasteiger partial charge < -0.3 is 10.1 Å². The molecule has 2 aromatic rings. The zero-order valence-corrected chi connectivity index (χ0v) is 20.7. The van der Waals surface area contributed by atoms with E-state index < -0.39 is 26.9 Å². The minimum Gasteiger partial charge on any atom is -0.495 e. The summed E-state index contributed by atoms with van der Waals surface area (Å²) in [6.45, 7) is 3.55. The number of hydrogen-bond acceptors (Lipinski definition) is 6. The number of amides is 1. The van der Waals surface area contributed by atoms with Gasteiger partial charge in [-0.15, -0.1) is 0 Å². The Kier molecular flexibility index (Phi) is 7.81. The molecule has 10 heteroatoms. The first-order valence-electron chi connectivity index (χ1n) is 11.3. The van der Waals surface area contributed by atoms with Crippen LogP contribution in [0.4, 0.5) is 11.4 Å². The minimum atomic E-state index is -3.99. The smallest absolute Gasteiger partial charge is 0.271 e. The van der Waals surface area contributed by atoms with Gasteiger partial charge in [0, 0.05) is 12.1 Å². The second kappa shape index (κ2) is 10.4. The van der Waals surface area contributed by atoms with Crippen molar-refractivity contribution in [3.8, 4) is 5.75 Å². The summed E-state index contributed by atoms with van der Waals surface area (Å²) in [6.07, 6.45) is 5.51. The molecule has 2 atom stereocenters. The van der Waals surface area contributed by atoms with Gasteiger partial charge in [0.25, 0.3) is 5.69 Å². The van der Waals surface area contributed by atoms with E-state index in [0.29, 0.717) is 0 Å². The third kappa shape index (κ3) is 5.49. The number of nitrogens with zero attached hydrogens (tertiary/aromatic N) is 2. The largest absolute Gasteiger partial charge is 0.495 e. The number of anilines is 1. The number of carbonyl (C=O) groups excluding carboxylic acids is 1. The topological polar surface area (TPSA) is 119 Å². The van der Waals surface area contributed by atoms with Crippen molar-refractivity contribution >= 4 is 27.3 Å². The molecule has 0 saturated heterocycles. The van der Waals surface area contributed by atoms with Crippen LogP contribution in [0.1, 0.15) is 55.8 Å². The number of methoxy groups -OCH3 is 1. The Morgan fingerprint density at radius 3 is 2.44 bits per heavy atom. The van der Waals surface area contributed by atoms with E-state index in [1.807, 2.05) is 13.0 Å². The quantitative estimate of drug-likeness (QED) is 0.421. The van der Waals surface area contributed by atoms with E-state index >= 15 is 0 Å².